The summed E-state index contributed by atoms with van der Waals surface area (Å²) in [4.78, 5) is 13.7. The summed E-state index contributed by atoms with van der Waals surface area (Å²) in [6, 6.07) is 12.5. The number of hydrogen-bond acceptors (Lipinski definition) is 8. The Kier molecular flexibility index (Phi) is 11.9. The molecule has 1 unspecified atom stereocenters. The maximum Gasteiger partial charge on any atom is 0.223 e. The highest BCUT2D eigenvalue weighted by atomic mass is 16.5. The number of hydrogen-bond donors (Lipinski definition) is 2. The van der Waals surface area contributed by atoms with E-state index in [-0.39, 0.29) is 17.6 Å². The molecule has 0 fully saturated rings. The highest BCUT2D eigenvalue weighted by molar-refractivity contribution is 5.66. The Morgan fingerprint density at radius 2 is 1.53 bits per heavy atom. The maximum atomic E-state index is 9.76. The third-order valence-corrected chi connectivity index (χ3v) is 6.16. The molecule has 2 aromatic carbocycles. The fourth-order valence-corrected chi connectivity index (χ4v) is 4.09. The van der Waals surface area contributed by atoms with Gasteiger partial charge in [0.2, 0.25) is 5.95 Å². The van der Waals surface area contributed by atoms with E-state index in [1.54, 1.807) is 18.2 Å². The smallest absolute Gasteiger partial charge is 0.223 e. The maximum absolute atomic E-state index is 9.76. The van der Waals surface area contributed by atoms with E-state index in [2.05, 4.69) is 30.7 Å². The molecule has 0 radical (unpaired) electrons. The fraction of sp³-hybridized carbons (Fsp3) is 0.500. The van der Waals surface area contributed by atoms with Crippen LogP contribution in [0.25, 0.3) is 11.4 Å². The number of nitrogens with two attached hydrogens (primary N) is 1. The van der Waals surface area contributed by atoms with Crippen molar-refractivity contribution in [1.82, 2.24) is 15.0 Å². The van der Waals surface area contributed by atoms with E-state index in [1.165, 1.54) is 0 Å². The van der Waals surface area contributed by atoms with Crippen molar-refractivity contribution in [2.75, 3.05) is 25.6 Å². The Morgan fingerprint density at radius 1 is 0.789 bits per heavy atom. The first-order chi connectivity index (χ1) is 18.5. The summed E-state index contributed by atoms with van der Waals surface area (Å²) in [5.74, 6) is 3.29. The van der Waals surface area contributed by atoms with Crippen LogP contribution in [0, 0.1) is 0 Å². The van der Waals surface area contributed by atoms with Gasteiger partial charge in [-0.15, -0.1) is 0 Å². The zero-order valence-electron chi connectivity index (χ0n) is 23.0. The van der Waals surface area contributed by atoms with Crippen molar-refractivity contribution < 1.29 is 19.3 Å². The topological polar surface area (TPSA) is 113 Å². The van der Waals surface area contributed by atoms with Crippen molar-refractivity contribution in [2.24, 2.45) is 0 Å². The predicted octanol–water partition coefficient (Wildman–Crippen LogP) is 6.93. The average Bonchev–Trinajstić information content (AvgIpc) is 2.91. The molecule has 1 atom stereocenters. The molecule has 0 aliphatic heterocycles. The van der Waals surface area contributed by atoms with Crippen molar-refractivity contribution in [3.05, 3.63) is 48.3 Å². The molecular formula is C30H42N4O4. The van der Waals surface area contributed by atoms with E-state index < -0.39 is 0 Å². The lowest BCUT2D eigenvalue weighted by atomic mass is 10.0. The summed E-state index contributed by atoms with van der Waals surface area (Å²) < 4.78 is 18.1. The molecule has 1 heterocycles. The van der Waals surface area contributed by atoms with Crippen LogP contribution in [-0.2, 0) is 0 Å². The molecular weight excluding hydrogens is 480 g/mol. The highest BCUT2D eigenvalue weighted by Crippen LogP contribution is 2.33. The van der Waals surface area contributed by atoms with Gasteiger partial charge in [0, 0.05) is 12.1 Å². The molecule has 0 aliphatic carbocycles. The molecule has 206 valence electrons. The van der Waals surface area contributed by atoms with Crippen molar-refractivity contribution in [3.63, 3.8) is 0 Å². The van der Waals surface area contributed by atoms with Gasteiger partial charge in [-0.25, -0.2) is 4.98 Å². The van der Waals surface area contributed by atoms with Crippen molar-refractivity contribution >= 4 is 5.95 Å². The SMILES string of the molecule is CCCCCOc1ccc(-c2nc(N)nc(C(CCC)COc3cccc(O)c3)n2)c(OCCCCC)c1. The highest BCUT2D eigenvalue weighted by Gasteiger charge is 2.20. The van der Waals surface area contributed by atoms with E-state index in [1.807, 2.05) is 24.3 Å². The molecule has 0 spiro atoms. The zero-order chi connectivity index (χ0) is 27.2. The number of unbranched alkanes of at least 4 members (excludes halogenated alkanes) is 4. The lowest BCUT2D eigenvalue weighted by molar-refractivity contribution is 0.274. The molecule has 8 nitrogen and oxygen atoms in total. The number of aromatic nitrogens is 3. The molecule has 8 heteroatoms. The van der Waals surface area contributed by atoms with Crippen molar-refractivity contribution in [2.45, 2.75) is 78.1 Å². The summed E-state index contributed by atoms with van der Waals surface area (Å²) in [5, 5.41) is 9.76. The fourth-order valence-electron chi connectivity index (χ4n) is 4.09. The number of nitrogen functional groups attached to an aromatic ring is 1. The van der Waals surface area contributed by atoms with Gasteiger partial charge in [0.15, 0.2) is 5.82 Å². The zero-order valence-corrected chi connectivity index (χ0v) is 23.0. The molecule has 0 saturated carbocycles. The van der Waals surface area contributed by atoms with Gasteiger partial charge in [0.25, 0.3) is 0 Å². The number of phenolic OH excluding ortho intramolecular Hbond substituents is 1. The number of phenols is 1. The van der Waals surface area contributed by atoms with E-state index in [0.717, 1.165) is 62.7 Å². The Balaban J connectivity index is 1.86. The lowest BCUT2D eigenvalue weighted by Gasteiger charge is -2.18. The molecule has 0 aliphatic rings. The molecule has 0 amide bonds. The van der Waals surface area contributed by atoms with Crippen LogP contribution in [0.3, 0.4) is 0 Å². The first-order valence-electron chi connectivity index (χ1n) is 13.9. The molecule has 38 heavy (non-hydrogen) atoms. The third-order valence-electron chi connectivity index (χ3n) is 6.16. The molecule has 0 saturated heterocycles. The van der Waals surface area contributed by atoms with Crippen molar-refractivity contribution in [3.8, 4) is 34.4 Å². The Labute approximate surface area is 226 Å². The Bertz CT molecular complexity index is 1130. The minimum atomic E-state index is -0.0958. The molecule has 3 rings (SSSR count). The van der Waals surface area contributed by atoms with Gasteiger partial charge in [-0.3, -0.25) is 0 Å². The van der Waals surface area contributed by atoms with Gasteiger partial charge >= 0.3 is 0 Å². The average molecular weight is 523 g/mol. The van der Waals surface area contributed by atoms with E-state index in [4.69, 9.17) is 24.9 Å². The minimum Gasteiger partial charge on any atom is -0.508 e. The van der Waals surface area contributed by atoms with E-state index >= 15 is 0 Å². The summed E-state index contributed by atoms with van der Waals surface area (Å²) in [6.45, 7) is 8.07. The predicted molar refractivity (Wildman–Crippen MR) is 151 cm³/mol. The van der Waals surface area contributed by atoms with E-state index in [9.17, 15) is 5.11 Å². The number of aromatic hydroxyl groups is 1. The van der Waals surface area contributed by atoms with Gasteiger partial charge in [0.1, 0.15) is 28.8 Å². The first kappa shape index (κ1) is 29.0. The largest absolute Gasteiger partial charge is 0.508 e. The third kappa shape index (κ3) is 9.08. The number of ether oxygens (including phenoxy) is 3. The van der Waals surface area contributed by atoms with Crippen LogP contribution in [0.4, 0.5) is 5.95 Å². The number of nitrogens with zero attached hydrogens (tertiary/aromatic N) is 3. The van der Waals surface area contributed by atoms with Gasteiger partial charge in [-0.2, -0.15) is 9.97 Å². The summed E-state index contributed by atoms with van der Waals surface area (Å²) in [5.41, 5.74) is 6.92. The van der Waals surface area contributed by atoms with Gasteiger partial charge in [-0.05, 0) is 43.5 Å². The van der Waals surface area contributed by atoms with Crippen LogP contribution in [0.1, 0.15) is 83.9 Å². The molecule has 3 aromatic rings. The van der Waals surface area contributed by atoms with Crippen molar-refractivity contribution in [1.29, 1.82) is 0 Å². The van der Waals surface area contributed by atoms with E-state index in [0.29, 0.717) is 43.0 Å². The summed E-state index contributed by atoms with van der Waals surface area (Å²) in [6.07, 6.45) is 8.22. The summed E-state index contributed by atoms with van der Waals surface area (Å²) in [7, 11) is 0. The van der Waals surface area contributed by atoms with Crippen LogP contribution in [0.5, 0.6) is 23.0 Å². The second-order valence-electron chi connectivity index (χ2n) is 9.44. The van der Waals surface area contributed by atoms with Crippen LogP contribution in [-0.4, -0.2) is 39.9 Å². The van der Waals surface area contributed by atoms with Gasteiger partial charge < -0.3 is 25.1 Å². The summed E-state index contributed by atoms with van der Waals surface area (Å²) >= 11 is 0. The Morgan fingerprint density at radius 3 is 2.24 bits per heavy atom. The lowest BCUT2D eigenvalue weighted by Crippen LogP contribution is -2.16. The quantitative estimate of drug-likeness (QED) is 0.184. The van der Waals surface area contributed by atoms with Crippen LogP contribution < -0.4 is 19.9 Å². The molecule has 0 bridgehead atoms. The van der Waals surface area contributed by atoms with Crippen LogP contribution in [0.15, 0.2) is 42.5 Å². The van der Waals surface area contributed by atoms with Gasteiger partial charge in [-0.1, -0.05) is 58.9 Å². The Hall–Kier alpha value is -3.55. The standard InChI is InChI=1S/C30H42N4O4/c1-4-7-9-17-36-25-15-16-26(27(20-25)37-18-10-8-5-2)29-32-28(33-30(31)34-29)22(12-6-3)21-38-24-14-11-13-23(35)19-24/h11,13-16,19-20,22,35H,4-10,12,17-18,21H2,1-3H3,(H2,31,32,33,34). The second-order valence-corrected chi connectivity index (χ2v) is 9.44. The number of anilines is 1. The molecule has 3 N–H and O–H groups in total. The normalized spacial score (nSPS) is 11.8. The molecule has 1 aromatic heterocycles. The number of rotatable bonds is 17. The second kappa shape index (κ2) is 15.6. The monoisotopic (exact) mass is 522 g/mol. The number of benzene rings is 2. The van der Waals surface area contributed by atoms with Crippen LogP contribution >= 0.6 is 0 Å². The van der Waals surface area contributed by atoms with Gasteiger partial charge in [0.05, 0.1) is 31.3 Å². The minimum absolute atomic E-state index is 0.0958. The van der Waals surface area contributed by atoms with Crippen LogP contribution in [0.2, 0.25) is 0 Å². The first-order valence-corrected chi connectivity index (χ1v) is 13.9.